The van der Waals surface area contributed by atoms with E-state index in [-0.39, 0.29) is 44.4 Å². The molecule has 0 saturated carbocycles. The fourth-order valence-corrected chi connectivity index (χ4v) is 6.74. The number of rotatable bonds is 9. The van der Waals surface area contributed by atoms with E-state index in [9.17, 15) is 33.0 Å². The highest BCUT2D eigenvalue weighted by molar-refractivity contribution is 5.90. The van der Waals surface area contributed by atoms with Crippen molar-refractivity contribution in [1.82, 2.24) is 15.1 Å². The molecule has 0 spiro atoms. The molecule has 3 aromatic carbocycles. The number of aliphatic hydroxyl groups is 2. The molecule has 3 aliphatic rings. The van der Waals surface area contributed by atoms with Gasteiger partial charge in [0.1, 0.15) is 6.04 Å². The van der Waals surface area contributed by atoms with E-state index in [0.717, 1.165) is 46.3 Å². The summed E-state index contributed by atoms with van der Waals surface area (Å²) in [6.45, 7) is 2.09. The lowest BCUT2D eigenvalue weighted by Gasteiger charge is -2.37. The topological polar surface area (TPSA) is 112 Å². The average molecular weight is 668 g/mol. The van der Waals surface area contributed by atoms with Crippen LogP contribution in [0.25, 0.3) is 11.1 Å². The molecule has 5 unspecified atom stereocenters. The monoisotopic (exact) mass is 667 g/mol. The maximum atomic E-state index is 13.0. The van der Waals surface area contributed by atoms with Gasteiger partial charge in [-0.2, -0.15) is 13.2 Å². The van der Waals surface area contributed by atoms with Gasteiger partial charge in [0.05, 0.1) is 24.9 Å². The van der Waals surface area contributed by atoms with Gasteiger partial charge < -0.3 is 29.9 Å². The van der Waals surface area contributed by atoms with Crippen LogP contribution < -0.4 is 5.32 Å². The van der Waals surface area contributed by atoms with Crippen molar-refractivity contribution in [3.8, 4) is 11.1 Å². The normalized spacial score (nSPS) is 24.9. The minimum atomic E-state index is -5.02. The molecular formula is C36H40F3N3O6. The number of β-amino-alcohol motifs (C(OH)–C–C–N with tert-alkyl or cyclic N) is 1. The number of alkyl halides is 3. The number of carbonyl (C=O) groups excluding carboxylic acids is 2. The average Bonchev–Trinajstić information content (AvgIpc) is 3.75. The standard InChI is InChI=1S/C36H40F3N3O6/c37-36(38,39)35(46)42-15-2-5-31(42)33(45)40-19-24-3-1-4-28(17-24)25-10-12-27(13-11-25)34-47-30(21-41-16-14-29(44)20-41)18-32(48-34)26-8-6-23(22-43)7-9-26/h1,3-4,6-13,17,29-32,34,43-44H,2,5,14-16,18-22H2,(H,40,45). The lowest BCUT2D eigenvalue weighted by molar-refractivity contribution is -0.252. The molecule has 3 aromatic rings. The highest BCUT2D eigenvalue weighted by atomic mass is 19.4. The Morgan fingerprint density at radius 2 is 1.65 bits per heavy atom. The summed E-state index contributed by atoms with van der Waals surface area (Å²) in [6, 6.07) is 21.9. The van der Waals surface area contributed by atoms with Gasteiger partial charge in [0.15, 0.2) is 6.29 Å². The number of aliphatic hydroxyl groups excluding tert-OH is 2. The molecule has 3 heterocycles. The Kier molecular flexibility index (Phi) is 10.5. The van der Waals surface area contributed by atoms with Crippen LogP contribution in [0.5, 0.6) is 0 Å². The van der Waals surface area contributed by atoms with Crippen molar-refractivity contribution in [3.05, 3.63) is 95.1 Å². The number of likely N-dealkylation sites (tertiary alicyclic amines) is 2. The van der Waals surface area contributed by atoms with E-state index >= 15 is 0 Å². The zero-order chi connectivity index (χ0) is 33.8. The summed E-state index contributed by atoms with van der Waals surface area (Å²) in [6.07, 6.45) is -4.37. The number of nitrogens with one attached hydrogen (secondary N) is 1. The van der Waals surface area contributed by atoms with Gasteiger partial charge in [0, 0.05) is 44.7 Å². The minimum Gasteiger partial charge on any atom is -0.392 e. The molecule has 0 aliphatic carbocycles. The highest BCUT2D eigenvalue weighted by Crippen LogP contribution is 2.39. The Balaban J connectivity index is 1.12. The summed E-state index contributed by atoms with van der Waals surface area (Å²) in [5.74, 6) is -2.59. The van der Waals surface area contributed by atoms with Crippen molar-refractivity contribution in [1.29, 1.82) is 0 Å². The molecule has 3 saturated heterocycles. The largest absolute Gasteiger partial charge is 0.471 e. The molecule has 2 amide bonds. The van der Waals surface area contributed by atoms with Crippen LogP contribution in [0.15, 0.2) is 72.8 Å². The Bertz CT molecular complexity index is 1570. The molecule has 5 atom stereocenters. The Morgan fingerprint density at radius 1 is 0.896 bits per heavy atom. The van der Waals surface area contributed by atoms with Crippen molar-refractivity contribution in [2.24, 2.45) is 0 Å². The number of hydrogen-bond acceptors (Lipinski definition) is 7. The molecule has 0 aromatic heterocycles. The first-order valence-electron chi connectivity index (χ1n) is 16.3. The number of carbonyl (C=O) groups is 2. The van der Waals surface area contributed by atoms with Crippen LogP contribution in [0, 0.1) is 0 Å². The first-order chi connectivity index (χ1) is 23.1. The van der Waals surface area contributed by atoms with E-state index in [2.05, 4.69) is 10.2 Å². The third kappa shape index (κ3) is 8.07. The number of benzene rings is 3. The molecule has 3 fully saturated rings. The van der Waals surface area contributed by atoms with Crippen LogP contribution in [0.3, 0.4) is 0 Å². The summed E-state index contributed by atoms with van der Waals surface area (Å²) in [7, 11) is 0. The van der Waals surface area contributed by atoms with Crippen LogP contribution in [0.2, 0.25) is 0 Å². The van der Waals surface area contributed by atoms with Gasteiger partial charge in [-0.05, 0) is 53.1 Å². The van der Waals surface area contributed by atoms with Gasteiger partial charge >= 0.3 is 12.1 Å². The molecule has 3 aliphatic heterocycles. The number of nitrogens with zero attached hydrogens (tertiary/aromatic N) is 2. The summed E-state index contributed by atoms with van der Waals surface area (Å²) >= 11 is 0. The van der Waals surface area contributed by atoms with Crippen LogP contribution in [-0.2, 0) is 32.2 Å². The lowest BCUT2D eigenvalue weighted by atomic mass is 9.99. The van der Waals surface area contributed by atoms with Gasteiger partial charge in [-0.3, -0.25) is 14.5 Å². The SMILES string of the molecule is O=C(NCc1cccc(-c2ccc(C3OC(CN4CCC(O)C4)CC(c4ccc(CO)cc4)O3)cc2)c1)C1CCCN1C(=O)C(F)(F)F. The summed E-state index contributed by atoms with van der Waals surface area (Å²) < 4.78 is 51.9. The maximum absolute atomic E-state index is 13.0. The lowest BCUT2D eigenvalue weighted by Crippen LogP contribution is -2.50. The fraction of sp³-hybridized carbons (Fsp3) is 0.444. The molecule has 0 bridgehead atoms. The number of halogens is 3. The zero-order valence-electron chi connectivity index (χ0n) is 26.4. The van der Waals surface area contributed by atoms with Crippen molar-refractivity contribution < 1.29 is 42.4 Å². The first kappa shape index (κ1) is 34.1. The molecule has 0 radical (unpaired) electrons. The number of ether oxygens (including phenoxy) is 2. The van der Waals surface area contributed by atoms with Gasteiger partial charge in [-0.1, -0.05) is 66.7 Å². The van der Waals surface area contributed by atoms with E-state index in [1.165, 1.54) is 0 Å². The number of amides is 2. The summed E-state index contributed by atoms with van der Waals surface area (Å²) in [4.78, 5) is 27.4. The van der Waals surface area contributed by atoms with Gasteiger partial charge in [-0.15, -0.1) is 0 Å². The molecule has 9 nitrogen and oxygen atoms in total. The third-order valence-corrected chi connectivity index (χ3v) is 9.29. The van der Waals surface area contributed by atoms with Gasteiger partial charge in [0.2, 0.25) is 5.91 Å². The Morgan fingerprint density at radius 3 is 2.33 bits per heavy atom. The fourth-order valence-electron chi connectivity index (χ4n) is 6.74. The van der Waals surface area contributed by atoms with Crippen molar-refractivity contribution in [3.63, 3.8) is 0 Å². The van der Waals surface area contributed by atoms with Gasteiger partial charge in [-0.25, -0.2) is 0 Å². The van der Waals surface area contributed by atoms with E-state index in [1.807, 2.05) is 72.8 Å². The second-order valence-electron chi connectivity index (χ2n) is 12.7. The predicted molar refractivity (Wildman–Crippen MR) is 170 cm³/mol. The Hall–Kier alpha value is -3.81. The van der Waals surface area contributed by atoms with Crippen molar-refractivity contribution in [2.75, 3.05) is 26.2 Å². The van der Waals surface area contributed by atoms with Crippen LogP contribution in [0.1, 0.15) is 60.3 Å². The van der Waals surface area contributed by atoms with Crippen LogP contribution >= 0.6 is 0 Å². The van der Waals surface area contributed by atoms with Gasteiger partial charge in [0.25, 0.3) is 0 Å². The maximum Gasteiger partial charge on any atom is 0.471 e. The van der Waals surface area contributed by atoms with E-state index in [0.29, 0.717) is 30.8 Å². The summed E-state index contributed by atoms with van der Waals surface area (Å²) in [5.41, 5.74) is 5.24. The van der Waals surface area contributed by atoms with E-state index in [4.69, 9.17) is 9.47 Å². The Labute approximate surface area is 277 Å². The summed E-state index contributed by atoms with van der Waals surface area (Å²) in [5, 5.41) is 22.2. The molecular weight excluding hydrogens is 627 g/mol. The number of hydrogen-bond donors (Lipinski definition) is 3. The smallest absolute Gasteiger partial charge is 0.392 e. The van der Waals surface area contributed by atoms with E-state index in [1.54, 1.807) is 0 Å². The van der Waals surface area contributed by atoms with Crippen molar-refractivity contribution in [2.45, 2.75) is 75.7 Å². The minimum absolute atomic E-state index is 0.0337. The highest BCUT2D eigenvalue weighted by Gasteiger charge is 2.47. The predicted octanol–water partition coefficient (Wildman–Crippen LogP) is 4.63. The van der Waals surface area contributed by atoms with Crippen LogP contribution in [-0.4, -0.2) is 82.4 Å². The molecule has 12 heteroatoms. The third-order valence-electron chi connectivity index (χ3n) is 9.29. The molecule has 6 rings (SSSR count). The van der Waals surface area contributed by atoms with E-state index < -0.39 is 30.3 Å². The molecule has 256 valence electrons. The van der Waals surface area contributed by atoms with Crippen LogP contribution in [0.4, 0.5) is 13.2 Å². The second kappa shape index (κ2) is 14.8. The quantitative estimate of drug-likeness (QED) is 0.305. The van der Waals surface area contributed by atoms with Crippen molar-refractivity contribution >= 4 is 11.8 Å². The molecule has 48 heavy (non-hydrogen) atoms. The first-order valence-corrected chi connectivity index (χ1v) is 16.3. The molecule has 3 N–H and O–H groups in total. The zero-order valence-corrected chi connectivity index (χ0v) is 26.4. The second-order valence-corrected chi connectivity index (χ2v) is 12.7.